The summed E-state index contributed by atoms with van der Waals surface area (Å²) in [5.41, 5.74) is 9.38. The molecule has 0 aliphatic carbocycles. The quantitative estimate of drug-likeness (QED) is 0.413. The Morgan fingerprint density at radius 3 is 2.71 bits per heavy atom. The molecule has 2 aromatic heterocycles. The Labute approximate surface area is 171 Å². The SMILES string of the molecule is Cc1cc(N(C(N)=NC(C)CCCC(C)C)c2nccs2)c2ccccc2n1. The van der Waals surface area contributed by atoms with Crippen LogP contribution in [0.15, 0.2) is 46.9 Å². The molecule has 1 unspecified atom stereocenters. The van der Waals surface area contributed by atoms with Gasteiger partial charge in [-0.25, -0.2) is 9.98 Å². The maximum Gasteiger partial charge on any atom is 0.202 e. The highest BCUT2D eigenvalue weighted by Gasteiger charge is 2.20. The summed E-state index contributed by atoms with van der Waals surface area (Å²) in [5.74, 6) is 1.19. The number of hydrogen-bond acceptors (Lipinski definition) is 4. The minimum atomic E-state index is 0.162. The minimum absolute atomic E-state index is 0.162. The minimum Gasteiger partial charge on any atom is -0.369 e. The Bertz CT molecular complexity index is 933. The van der Waals surface area contributed by atoms with Crippen molar-refractivity contribution in [2.24, 2.45) is 16.6 Å². The lowest BCUT2D eigenvalue weighted by atomic mass is 10.0. The molecule has 28 heavy (non-hydrogen) atoms. The molecular weight excluding hydrogens is 366 g/mol. The highest BCUT2D eigenvalue weighted by atomic mass is 32.1. The maximum atomic E-state index is 6.54. The molecule has 0 fully saturated rings. The lowest BCUT2D eigenvalue weighted by Crippen LogP contribution is -2.34. The number of pyridine rings is 1. The summed E-state index contributed by atoms with van der Waals surface area (Å²) < 4.78 is 0. The van der Waals surface area contributed by atoms with E-state index >= 15 is 0 Å². The number of nitrogens with two attached hydrogens (primary N) is 1. The molecule has 0 spiro atoms. The normalized spacial score (nSPS) is 13.2. The van der Waals surface area contributed by atoms with Crippen LogP contribution in [0, 0.1) is 12.8 Å². The fraction of sp³-hybridized carbons (Fsp3) is 0.409. The van der Waals surface area contributed by atoms with Gasteiger partial charge in [0.15, 0.2) is 5.13 Å². The van der Waals surface area contributed by atoms with Gasteiger partial charge in [0.05, 0.1) is 17.2 Å². The fourth-order valence-corrected chi connectivity index (χ4v) is 3.95. The van der Waals surface area contributed by atoms with Gasteiger partial charge in [-0.15, -0.1) is 11.3 Å². The van der Waals surface area contributed by atoms with E-state index in [0.717, 1.165) is 40.3 Å². The zero-order valence-corrected chi connectivity index (χ0v) is 17.9. The largest absolute Gasteiger partial charge is 0.369 e. The molecule has 0 aliphatic heterocycles. The van der Waals surface area contributed by atoms with Crippen molar-refractivity contribution in [3.63, 3.8) is 0 Å². The summed E-state index contributed by atoms with van der Waals surface area (Å²) in [5, 5.41) is 3.80. The van der Waals surface area contributed by atoms with Crippen LogP contribution in [0.2, 0.25) is 0 Å². The number of guanidine groups is 1. The number of para-hydroxylation sites is 1. The van der Waals surface area contributed by atoms with Crippen molar-refractivity contribution >= 4 is 39.0 Å². The molecule has 0 saturated carbocycles. The number of fused-ring (bicyclic) bond motifs is 1. The van der Waals surface area contributed by atoms with Crippen molar-refractivity contribution in [2.45, 2.75) is 53.0 Å². The summed E-state index contributed by atoms with van der Waals surface area (Å²) in [6.45, 7) is 8.63. The number of thiazole rings is 1. The second kappa shape index (κ2) is 9.15. The van der Waals surface area contributed by atoms with Gasteiger partial charge in [-0.3, -0.25) is 9.88 Å². The van der Waals surface area contributed by atoms with Crippen LogP contribution < -0.4 is 10.6 Å². The van der Waals surface area contributed by atoms with E-state index in [1.807, 2.05) is 35.4 Å². The van der Waals surface area contributed by atoms with E-state index < -0.39 is 0 Å². The van der Waals surface area contributed by atoms with Crippen LogP contribution in [-0.4, -0.2) is 22.0 Å². The van der Waals surface area contributed by atoms with Crippen molar-refractivity contribution in [2.75, 3.05) is 4.90 Å². The van der Waals surface area contributed by atoms with Gasteiger partial charge >= 0.3 is 0 Å². The molecule has 0 aliphatic rings. The first-order valence-corrected chi connectivity index (χ1v) is 10.7. The third-order valence-corrected chi connectivity index (χ3v) is 5.42. The van der Waals surface area contributed by atoms with Crippen molar-refractivity contribution < 1.29 is 0 Å². The van der Waals surface area contributed by atoms with Gasteiger partial charge in [-0.05, 0) is 38.3 Å². The van der Waals surface area contributed by atoms with Crippen LogP contribution in [0.1, 0.15) is 45.7 Å². The molecule has 0 amide bonds. The Morgan fingerprint density at radius 2 is 2.00 bits per heavy atom. The lowest BCUT2D eigenvalue weighted by molar-refractivity contribution is 0.511. The average molecular weight is 396 g/mol. The zero-order valence-electron chi connectivity index (χ0n) is 17.1. The lowest BCUT2D eigenvalue weighted by Gasteiger charge is -2.24. The predicted octanol–water partition coefficient (Wildman–Crippen LogP) is 5.67. The number of aromatic nitrogens is 2. The van der Waals surface area contributed by atoms with Gasteiger partial charge in [0.2, 0.25) is 5.96 Å². The number of aryl methyl sites for hydroxylation is 1. The van der Waals surface area contributed by atoms with E-state index in [4.69, 9.17) is 10.7 Å². The van der Waals surface area contributed by atoms with Gasteiger partial charge in [-0.1, -0.05) is 44.9 Å². The number of nitrogens with zero attached hydrogens (tertiary/aromatic N) is 4. The fourth-order valence-electron chi connectivity index (χ4n) is 3.29. The molecule has 0 saturated heterocycles. The van der Waals surface area contributed by atoms with Gasteiger partial charge in [0, 0.05) is 22.7 Å². The number of anilines is 2. The van der Waals surface area contributed by atoms with E-state index in [9.17, 15) is 0 Å². The van der Waals surface area contributed by atoms with Crippen molar-refractivity contribution in [3.8, 4) is 0 Å². The zero-order chi connectivity index (χ0) is 20.1. The average Bonchev–Trinajstić information content (AvgIpc) is 3.15. The molecule has 5 nitrogen and oxygen atoms in total. The summed E-state index contributed by atoms with van der Waals surface area (Å²) in [7, 11) is 0. The maximum absolute atomic E-state index is 6.54. The Morgan fingerprint density at radius 1 is 1.21 bits per heavy atom. The van der Waals surface area contributed by atoms with Gasteiger partial charge in [-0.2, -0.15) is 0 Å². The first-order valence-electron chi connectivity index (χ1n) is 9.85. The van der Waals surface area contributed by atoms with E-state index in [-0.39, 0.29) is 6.04 Å². The van der Waals surface area contributed by atoms with Gasteiger partial charge in [0.1, 0.15) is 0 Å². The smallest absolute Gasteiger partial charge is 0.202 e. The Kier molecular flexibility index (Phi) is 6.62. The van der Waals surface area contributed by atoms with Crippen LogP contribution in [-0.2, 0) is 0 Å². The third-order valence-electron chi connectivity index (χ3n) is 4.66. The highest BCUT2D eigenvalue weighted by molar-refractivity contribution is 7.13. The van der Waals surface area contributed by atoms with Gasteiger partial charge in [0.25, 0.3) is 0 Å². The molecule has 2 N–H and O–H groups in total. The van der Waals surface area contributed by atoms with Crippen LogP contribution in [0.25, 0.3) is 10.9 Å². The monoisotopic (exact) mass is 395 g/mol. The molecule has 1 atom stereocenters. The molecule has 3 rings (SSSR count). The van der Waals surface area contributed by atoms with Crippen LogP contribution in [0.5, 0.6) is 0 Å². The van der Waals surface area contributed by atoms with Crippen LogP contribution in [0.4, 0.5) is 10.8 Å². The number of aliphatic imine (C=N–C) groups is 1. The molecule has 0 radical (unpaired) electrons. The highest BCUT2D eigenvalue weighted by Crippen LogP contribution is 2.33. The standard InChI is InChI=1S/C22H29N5S/c1-15(2)8-7-9-16(3)26-21(23)27(22-24-12-13-28-22)20-14-17(4)25-19-11-6-5-10-18(19)20/h5-6,10-16H,7-9H2,1-4H3,(H2,23,26). The Balaban J connectivity index is 1.98. The van der Waals surface area contributed by atoms with E-state index in [1.165, 1.54) is 6.42 Å². The van der Waals surface area contributed by atoms with Crippen molar-refractivity contribution in [1.29, 1.82) is 0 Å². The van der Waals surface area contributed by atoms with E-state index in [1.54, 1.807) is 17.5 Å². The van der Waals surface area contributed by atoms with Crippen molar-refractivity contribution in [3.05, 3.63) is 47.6 Å². The molecule has 1 aromatic carbocycles. The Hall–Kier alpha value is -2.47. The van der Waals surface area contributed by atoms with Gasteiger partial charge < -0.3 is 5.73 Å². The second-order valence-corrected chi connectivity index (χ2v) is 8.48. The summed E-state index contributed by atoms with van der Waals surface area (Å²) in [6, 6.07) is 10.3. The third kappa shape index (κ3) is 4.87. The first-order chi connectivity index (χ1) is 13.5. The second-order valence-electron chi connectivity index (χ2n) is 7.61. The van der Waals surface area contributed by atoms with Crippen LogP contribution in [0.3, 0.4) is 0 Å². The van der Waals surface area contributed by atoms with Crippen LogP contribution >= 0.6 is 11.3 Å². The summed E-state index contributed by atoms with van der Waals surface area (Å²) in [6.07, 6.45) is 5.19. The summed E-state index contributed by atoms with van der Waals surface area (Å²) in [4.78, 5) is 15.9. The van der Waals surface area contributed by atoms with Crippen molar-refractivity contribution in [1.82, 2.24) is 9.97 Å². The number of rotatable bonds is 7. The molecular formula is C22H29N5S. The number of hydrogen-bond donors (Lipinski definition) is 1. The summed E-state index contributed by atoms with van der Waals surface area (Å²) >= 11 is 1.55. The van der Waals surface area contributed by atoms with E-state index in [0.29, 0.717) is 11.9 Å². The predicted molar refractivity (Wildman–Crippen MR) is 121 cm³/mol. The first kappa shape index (κ1) is 20.3. The molecule has 148 valence electrons. The molecule has 6 heteroatoms. The van der Waals surface area contributed by atoms with E-state index in [2.05, 4.69) is 42.9 Å². The molecule has 0 bridgehead atoms. The topological polar surface area (TPSA) is 67.4 Å². The molecule has 2 heterocycles. The molecule has 3 aromatic rings. The number of benzene rings is 1.